The van der Waals surface area contributed by atoms with Crippen LogP contribution in [0.25, 0.3) is 0 Å². The maximum Gasteiger partial charge on any atom is 0.327 e. The number of carboxylic acid groups (broad SMARTS) is 1. The molecule has 0 spiro atoms. The van der Waals surface area contributed by atoms with Crippen molar-refractivity contribution in [1.29, 1.82) is 0 Å². The molecule has 0 bridgehead atoms. The number of hydrogen-bond donors (Lipinski definition) is 2. The molecule has 7 heteroatoms. The van der Waals surface area contributed by atoms with Gasteiger partial charge in [-0.05, 0) is 0 Å². The summed E-state index contributed by atoms with van der Waals surface area (Å²) in [4.78, 5) is 42.3. The molecule has 0 saturated carbocycles. The van der Waals surface area contributed by atoms with E-state index in [9.17, 15) is 19.5 Å². The largest absolute Gasteiger partial charge is 0.480 e. The second kappa shape index (κ2) is 6.67. The molecule has 0 saturated heterocycles. The molecule has 1 aromatic rings. The summed E-state index contributed by atoms with van der Waals surface area (Å²) < 4.78 is 0. The fourth-order valence-electron chi connectivity index (χ4n) is 1.72. The molecule has 1 heterocycles. The zero-order valence-electron chi connectivity index (χ0n) is 10.9. The Balaban J connectivity index is 3.01. The van der Waals surface area contributed by atoms with Gasteiger partial charge < -0.3 is 10.1 Å². The highest BCUT2D eigenvalue weighted by Crippen LogP contribution is 2.11. The normalized spacial score (nSPS) is 11.9. The Morgan fingerprint density at radius 1 is 1.32 bits per heavy atom. The summed E-state index contributed by atoms with van der Waals surface area (Å²) in [6, 6.07) is -1.21. The number of nitrogens with one attached hydrogen (secondary N) is 1. The third-order valence-corrected chi connectivity index (χ3v) is 2.71. The molecule has 7 nitrogen and oxygen atoms in total. The highest BCUT2D eigenvalue weighted by Gasteiger charge is 2.33. The summed E-state index contributed by atoms with van der Waals surface area (Å²) in [6.07, 6.45) is 3.08. The summed E-state index contributed by atoms with van der Waals surface area (Å²) in [5.74, 6) is -2.18. The van der Waals surface area contributed by atoms with Gasteiger partial charge in [0.25, 0.3) is 0 Å². The fourth-order valence-corrected chi connectivity index (χ4v) is 1.72. The minimum Gasteiger partial charge on any atom is -0.480 e. The number of H-pyrrole nitrogens is 1. The van der Waals surface area contributed by atoms with Crippen LogP contribution >= 0.6 is 0 Å². The van der Waals surface area contributed by atoms with E-state index in [1.165, 1.54) is 12.5 Å². The summed E-state index contributed by atoms with van der Waals surface area (Å²) in [5.41, 5.74) is 0.560. The van der Waals surface area contributed by atoms with Crippen molar-refractivity contribution in [2.75, 3.05) is 0 Å². The zero-order chi connectivity index (χ0) is 14.4. The average molecular weight is 267 g/mol. The van der Waals surface area contributed by atoms with Crippen molar-refractivity contribution in [3.05, 3.63) is 18.2 Å². The molecule has 1 aromatic heterocycles. The van der Waals surface area contributed by atoms with Crippen molar-refractivity contribution >= 4 is 17.8 Å². The molecule has 2 amide bonds. The van der Waals surface area contributed by atoms with E-state index < -0.39 is 23.8 Å². The lowest BCUT2D eigenvalue weighted by Crippen LogP contribution is -2.49. The highest BCUT2D eigenvalue weighted by molar-refractivity contribution is 5.99. The highest BCUT2D eigenvalue weighted by atomic mass is 16.4. The van der Waals surface area contributed by atoms with Crippen LogP contribution in [0.5, 0.6) is 0 Å². The van der Waals surface area contributed by atoms with Gasteiger partial charge in [0, 0.05) is 31.2 Å². The van der Waals surface area contributed by atoms with E-state index in [2.05, 4.69) is 9.97 Å². The van der Waals surface area contributed by atoms with Crippen LogP contribution in [0.15, 0.2) is 12.5 Å². The molecule has 0 unspecified atom stereocenters. The maximum atomic E-state index is 11.8. The quantitative estimate of drug-likeness (QED) is 0.784. The molecular formula is C12H17N3O4. The summed E-state index contributed by atoms with van der Waals surface area (Å²) >= 11 is 0. The zero-order valence-corrected chi connectivity index (χ0v) is 10.9. The number of nitrogens with zero attached hydrogens (tertiary/aromatic N) is 2. The van der Waals surface area contributed by atoms with Crippen LogP contribution in [0.4, 0.5) is 0 Å². The van der Waals surface area contributed by atoms with E-state index in [0.717, 1.165) is 4.90 Å². The van der Waals surface area contributed by atoms with Gasteiger partial charge in [-0.15, -0.1) is 0 Å². The molecule has 104 valence electrons. The number of imide groups is 1. The summed E-state index contributed by atoms with van der Waals surface area (Å²) in [6.45, 7) is 3.18. The number of rotatable bonds is 6. The van der Waals surface area contributed by atoms with Gasteiger partial charge in [0.15, 0.2) is 0 Å². The van der Waals surface area contributed by atoms with Crippen molar-refractivity contribution in [2.24, 2.45) is 0 Å². The molecule has 1 atom stereocenters. The van der Waals surface area contributed by atoms with Gasteiger partial charge in [0.05, 0.1) is 6.33 Å². The lowest BCUT2D eigenvalue weighted by atomic mass is 10.1. The van der Waals surface area contributed by atoms with Crippen molar-refractivity contribution in [2.45, 2.75) is 39.2 Å². The van der Waals surface area contributed by atoms with E-state index in [-0.39, 0.29) is 19.3 Å². The van der Waals surface area contributed by atoms with Crippen LogP contribution in [0.2, 0.25) is 0 Å². The molecular weight excluding hydrogens is 250 g/mol. The van der Waals surface area contributed by atoms with Crippen molar-refractivity contribution in [3.63, 3.8) is 0 Å². The van der Waals surface area contributed by atoms with Crippen LogP contribution in [-0.4, -0.2) is 43.8 Å². The van der Waals surface area contributed by atoms with Crippen LogP contribution in [0, 0.1) is 0 Å². The van der Waals surface area contributed by atoms with E-state index >= 15 is 0 Å². The first-order valence-corrected chi connectivity index (χ1v) is 6.06. The van der Waals surface area contributed by atoms with Gasteiger partial charge in [0.2, 0.25) is 11.8 Å². The van der Waals surface area contributed by atoms with Gasteiger partial charge in [-0.2, -0.15) is 0 Å². The standard InChI is InChI=1S/C12H17N3O4/c1-3-10(16)15(11(17)4-2)9(12(18)19)5-8-6-13-7-14-8/h6-7,9H,3-5H2,1-2H3,(H,13,14)(H,18,19)/t9-/m0/s1. The van der Waals surface area contributed by atoms with Gasteiger partial charge in [0.1, 0.15) is 6.04 Å². The van der Waals surface area contributed by atoms with Gasteiger partial charge >= 0.3 is 5.97 Å². The lowest BCUT2D eigenvalue weighted by molar-refractivity contribution is -0.157. The van der Waals surface area contributed by atoms with Crippen LogP contribution < -0.4 is 0 Å². The molecule has 0 radical (unpaired) electrons. The molecule has 2 N–H and O–H groups in total. The smallest absolute Gasteiger partial charge is 0.327 e. The summed E-state index contributed by atoms with van der Waals surface area (Å²) in [7, 11) is 0. The minimum absolute atomic E-state index is 0.0206. The third kappa shape index (κ3) is 3.64. The minimum atomic E-state index is -1.21. The number of amides is 2. The number of imidazole rings is 1. The second-order valence-corrected chi connectivity index (χ2v) is 4.00. The summed E-state index contributed by atoms with van der Waals surface area (Å²) in [5, 5.41) is 9.25. The number of carbonyl (C=O) groups is 3. The second-order valence-electron chi connectivity index (χ2n) is 4.00. The predicted octanol–water partition coefficient (Wildman–Crippen LogP) is 0.581. The number of carbonyl (C=O) groups excluding carboxylic acids is 2. The Morgan fingerprint density at radius 3 is 2.26 bits per heavy atom. The molecule has 0 aliphatic heterocycles. The Labute approximate surface area is 110 Å². The number of hydrogen-bond acceptors (Lipinski definition) is 4. The van der Waals surface area contributed by atoms with Crippen molar-refractivity contribution in [1.82, 2.24) is 14.9 Å². The third-order valence-electron chi connectivity index (χ3n) is 2.71. The monoisotopic (exact) mass is 267 g/mol. The first kappa shape index (κ1) is 14.9. The Kier molecular flexibility index (Phi) is 5.23. The molecule has 0 aliphatic rings. The molecule has 0 fully saturated rings. The van der Waals surface area contributed by atoms with Crippen LogP contribution in [0.1, 0.15) is 32.4 Å². The predicted molar refractivity (Wildman–Crippen MR) is 66.2 cm³/mol. The van der Waals surface area contributed by atoms with Gasteiger partial charge in [-0.25, -0.2) is 9.78 Å². The van der Waals surface area contributed by atoms with Gasteiger partial charge in [-0.3, -0.25) is 14.5 Å². The van der Waals surface area contributed by atoms with E-state index in [1.54, 1.807) is 13.8 Å². The van der Waals surface area contributed by atoms with Gasteiger partial charge in [-0.1, -0.05) is 13.8 Å². The SMILES string of the molecule is CCC(=O)N(C(=O)CC)[C@@H](Cc1cnc[nH]1)C(=O)O. The van der Waals surface area contributed by atoms with Crippen molar-refractivity contribution in [3.8, 4) is 0 Å². The molecule has 0 aliphatic carbocycles. The van der Waals surface area contributed by atoms with Crippen LogP contribution in [0.3, 0.4) is 0 Å². The first-order valence-electron chi connectivity index (χ1n) is 6.06. The number of aliphatic carboxylic acids is 1. The van der Waals surface area contributed by atoms with Crippen LogP contribution in [-0.2, 0) is 20.8 Å². The van der Waals surface area contributed by atoms with Crippen molar-refractivity contribution < 1.29 is 19.5 Å². The number of carboxylic acids is 1. The molecule has 0 aromatic carbocycles. The van der Waals surface area contributed by atoms with E-state index in [4.69, 9.17) is 0 Å². The van der Waals surface area contributed by atoms with E-state index in [0.29, 0.717) is 5.69 Å². The maximum absolute atomic E-state index is 11.8. The number of aromatic amines is 1. The average Bonchev–Trinajstić information content (AvgIpc) is 2.89. The lowest BCUT2D eigenvalue weighted by Gasteiger charge is -2.26. The Bertz CT molecular complexity index is 440. The Hall–Kier alpha value is -2.18. The fraction of sp³-hybridized carbons (Fsp3) is 0.500. The number of aromatic nitrogens is 2. The first-order chi connectivity index (χ1) is 9.01. The molecule has 1 rings (SSSR count). The molecule has 19 heavy (non-hydrogen) atoms. The van der Waals surface area contributed by atoms with E-state index in [1.807, 2.05) is 0 Å². The topological polar surface area (TPSA) is 103 Å². The Morgan fingerprint density at radius 2 is 1.89 bits per heavy atom.